The van der Waals surface area contributed by atoms with E-state index in [1.807, 2.05) is 0 Å². The minimum Gasteiger partial charge on any atom is -0.495 e. The Hall–Kier alpha value is -9.09. The number of benzene rings is 5. The molecule has 418 valence electrons. The molecule has 0 atom stereocenters. The van der Waals surface area contributed by atoms with Crippen molar-refractivity contribution in [3.63, 3.8) is 0 Å². The summed E-state index contributed by atoms with van der Waals surface area (Å²) in [5, 5.41) is 12.2. The zero-order chi connectivity index (χ0) is 58.4. The Kier molecular flexibility index (Phi) is 17.9. The molecule has 6 amide bonds. The van der Waals surface area contributed by atoms with Crippen molar-refractivity contribution in [2.24, 2.45) is 0 Å². The third kappa shape index (κ3) is 12.2. The molecule has 2 aliphatic rings. The summed E-state index contributed by atoms with van der Waals surface area (Å²) in [6, 6.07) is 20.4. The topological polar surface area (TPSA) is 244 Å². The molecule has 0 bridgehead atoms. The molecule has 0 unspecified atom stereocenters. The molecule has 0 radical (unpaired) electrons. The molecule has 26 heteroatoms. The van der Waals surface area contributed by atoms with E-state index in [0.29, 0.717) is 62.3 Å². The van der Waals surface area contributed by atoms with Crippen molar-refractivity contribution in [1.29, 1.82) is 0 Å². The Morgan fingerprint density at radius 2 is 1.12 bits per heavy atom. The number of methoxy groups -OCH3 is 4. The summed E-state index contributed by atoms with van der Waals surface area (Å²) in [6.07, 6.45) is 4.31. The van der Waals surface area contributed by atoms with Gasteiger partial charge in [0.25, 0.3) is 5.91 Å². The zero-order valence-corrected chi connectivity index (χ0v) is 47.1. The molecule has 0 spiro atoms. The van der Waals surface area contributed by atoms with Crippen LogP contribution in [0.15, 0.2) is 116 Å². The highest BCUT2D eigenvalue weighted by Gasteiger charge is 2.38. The monoisotopic (exact) mass is 1180 g/mol. The van der Waals surface area contributed by atoms with E-state index >= 15 is 0 Å². The standard InChI is InChI=1S/C30H26Cl2FN7O4.C25H24Cl2N6O4/c1-4-24(41)36-20-7-5-6-8-21(20)37-29-35-13-17-15-39(27-25(31)22(43-2)12-23(44-3)26(27)32)30(42)40(28(17)38-29)14-16-9-10-18(33)19(34)11-16;1-13(2)23(34)29-15-8-6-7-9-16(15)30-24-28-11-14-12-33(25(35)32(3)22(14)31-24)21-19(26)17(36-4)10-18(37-5)20(21)27/h4-13H,1,14-15,34H2,2-3H3,(H,36,41)(H,35,37,38);6-11H,1,12H2,2-5H3,(H,29,34)(H,28,30,31). The molecule has 2 aliphatic heterocycles. The Morgan fingerprint density at radius 3 is 1.58 bits per heavy atom. The third-order valence-corrected chi connectivity index (χ3v) is 13.8. The Labute approximate surface area is 484 Å². The number of nitrogen functional groups attached to an aromatic ring is 1. The number of carbonyl (C=O) groups is 4. The Bertz CT molecular complexity index is 3610. The lowest BCUT2D eigenvalue weighted by atomic mass is 10.1. The zero-order valence-electron chi connectivity index (χ0n) is 44.1. The van der Waals surface area contributed by atoms with Crippen LogP contribution in [0.25, 0.3) is 0 Å². The number of carbonyl (C=O) groups excluding carboxylic acids is 4. The quantitative estimate of drug-likeness (QED) is 0.0446. The number of nitrogens with two attached hydrogens (primary N) is 1. The van der Waals surface area contributed by atoms with Crippen molar-refractivity contribution >= 4 is 134 Å². The van der Waals surface area contributed by atoms with Crippen molar-refractivity contribution in [3.8, 4) is 23.0 Å². The molecule has 0 aliphatic carbocycles. The molecule has 0 saturated heterocycles. The molecule has 7 aromatic rings. The average Bonchev–Trinajstić information content (AvgIpc) is 3.60. The van der Waals surface area contributed by atoms with Gasteiger partial charge in [-0.2, -0.15) is 9.97 Å². The third-order valence-electron chi connectivity index (χ3n) is 12.4. The molecule has 5 aromatic carbocycles. The van der Waals surface area contributed by atoms with Gasteiger partial charge < -0.3 is 45.9 Å². The molecular formula is C55H50Cl4FN13O8. The number of ether oxygens (including phenoxy) is 4. The predicted octanol–water partition coefficient (Wildman–Crippen LogP) is 12.2. The van der Waals surface area contributed by atoms with Crippen molar-refractivity contribution in [3.05, 3.63) is 159 Å². The highest BCUT2D eigenvalue weighted by molar-refractivity contribution is 6.43. The summed E-state index contributed by atoms with van der Waals surface area (Å²) in [5.41, 5.74) is 10.4. The van der Waals surface area contributed by atoms with Gasteiger partial charge in [-0.1, -0.05) is 89.9 Å². The molecule has 2 aromatic heterocycles. The fourth-order valence-electron chi connectivity index (χ4n) is 8.29. The number of fused-ring (bicyclic) bond motifs is 2. The molecular weight excluding hydrogens is 1130 g/mol. The number of anilines is 11. The molecule has 0 fully saturated rings. The van der Waals surface area contributed by atoms with Gasteiger partial charge in [-0.05, 0) is 55.0 Å². The molecule has 9 rings (SSSR count). The summed E-state index contributed by atoms with van der Waals surface area (Å²) in [6.45, 7) is 8.83. The number of rotatable bonds is 16. The first-order chi connectivity index (χ1) is 38.8. The van der Waals surface area contributed by atoms with Crippen LogP contribution in [0.3, 0.4) is 0 Å². The maximum Gasteiger partial charge on any atom is 0.330 e. The normalized spacial score (nSPS) is 12.5. The van der Waals surface area contributed by atoms with Crippen LogP contribution < -0.4 is 65.5 Å². The van der Waals surface area contributed by atoms with E-state index in [-0.39, 0.29) is 91.9 Å². The van der Waals surface area contributed by atoms with Crippen molar-refractivity contribution < 1.29 is 42.5 Å². The minimum atomic E-state index is -0.584. The van der Waals surface area contributed by atoms with E-state index in [9.17, 15) is 23.6 Å². The Morgan fingerprint density at radius 1 is 0.679 bits per heavy atom. The van der Waals surface area contributed by atoms with E-state index < -0.39 is 23.8 Å². The number of halogens is 5. The van der Waals surface area contributed by atoms with Gasteiger partial charge in [0.1, 0.15) is 60.5 Å². The number of hydrogen-bond donors (Lipinski definition) is 5. The van der Waals surface area contributed by atoms with Crippen LogP contribution in [0, 0.1) is 5.82 Å². The number of para-hydroxylation sites is 4. The second-order valence-electron chi connectivity index (χ2n) is 17.6. The van der Waals surface area contributed by atoms with Crippen LogP contribution >= 0.6 is 46.4 Å². The highest BCUT2D eigenvalue weighted by Crippen LogP contribution is 2.50. The van der Waals surface area contributed by atoms with E-state index in [2.05, 4.69) is 54.4 Å². The van der Waals surface area contributed by atoms with E-state index in [1.54, 1.807) is 81.0 Å². The summed E-state index contributed by atoms with van der Waals surface area (Å²) >= 11 is 26.5. The highest BCUT2D eigenvalue weighted by atomic mass is 35.5. The number of aromatic nitrogens is 4. The van der Waals surface area contributed by atoms with Crippen LogP contribution in [0.1, 0.15) is 23.6 Å². The maximum atomic E-state index is 14.2. The average molecular weight is 1180 g/mol. The number of hydrogen-bond acceptors (Lipinski definition) is 15. The molecule has 0 saturated carbocycles. The van der Waals surface area contributed by atoms with Crippen molar-refractivity contribution in [2.75, 3.05) is 82.1 Å². The smallest absolute Gasteiger partial charge is 0.330 e. The Balaban J connectivity index is 0.000000216. The number of nitrogens with zero attached hydrogens (tertiary/aromatic N) is 8. The fourth-order valence-corrected chi connectivity index (χ4v) is 9.70. The fraction of sp³-hybridized carbons (Fsp3) is 0.164. The van der Waals surface area contributed by atoms with E-state index in [4.69, 9.17) is 71.1 Å². The van der Waals surface area contributed by atoms with Gasteiger partial charge in [0.15, 0.2) is 0 Å². The van der Waals surface area contributed by atoms with Crippen LogP contribution in [-0.2, 0) is 29.2 Å². The van der Waals surface area contributed by atoms with E-state index in [0.717, 1.165) is 6.08 Å². The number of nitrogens with one attached hydrogen (secondary N) is 4. The van der Waals surface area contributed by atoms with Gasteiger partial charge in [0.05, 0.1) is 87.9 Å². The van der Waals surface area contributed by atoms with Gasteiger partial charge in [-0.25, -0.2) is 23.9 Å². The van der Waals surface area contributed by atoms with Gasteiger partial charge in [-0.15, -0.1) is 0 Å². The van der Waals surface area contributed by atoms with Crippen LogP contribution in [0.2, 0.25) is 20.1 Å². The second kappa shape index (κ2) is 24.9. The maximum absolute atomic E-state index is 14.2. The molecule has 4 heterocycles. The number of amides is 6. The molecule has 81 heavy (non-hydrogen) atoms. The lowest BCUT2D eigenvalue weighted by molar-refractivity contribution is -0.113. The summed E-state index contributed by atoms with van der Waals surface area (Å²) in [4.78, 5) is 75.3. The van der Waals surface area contributed by atoms with Crippen LogP contribution in [0.5, 0.6) is 23.0 Å². The van der Waals surface area contributed by atoms with Gasteiger partial charge in [-0.3, -0.25) is 29.2 Å². The van der Waals surface area contributed by atoms with Gasteiger partial charge >= 0.3 is 12.1 Å². The number of urea groups is 2. The summed E-state index contributed by atoms with van der Waals surface area (Å²) in [5.74, 6) is 0.903. The summed E-state index contributed by atoms with van der Waals surface area (Å²) in [7, 11) is 7.37. The SMILES string of the molecule is C=C(C)C(=O)Nc1ccccc1Nc1ncc2c(n1)N(C)C(=O)N(c1c(Cl)c(OC)cc(OC)c1Cl)C2.C=CC(=O)Nc1ccccc1Nc1ncc2c(n1)N(Cc1ccc(F)c(N)c1)C(=O)N(c1c(Cl)c(OC)cc(OC)c1Cl)C2. The molecule has 21 nitrogen and oxygen atoms in total. The lowest BCUT2D eigenvalue weighted by Crippen LogP contribution is -2.48. The molecule has 6 N–H and O–H groups in total. The first-order valence-corrected chi connectivity index (χ1v) is 25.5. The largest absolute Gasteiger partial charge is 0.495 e. The van der Waals surface area contributed by atoms with Gasteiger partial charge in [0.2, 0.25) is 17.8 Å². The van der Waals surface area contributed by atoms with Crippen molar-refractivity contribution in [1.82, 2.24) is 19.9 Å². The lowest BCUT2D eigenvalue weighted by Gasteiger charge is -2.37. The minimum absolute atomic E-state index is 0.00174. The predicted molar refractivity (Wildman–Crippen MR) is 313 cm³/mol. The van der Waals surface area contributed by atoms with Crippen molar-refractivity contribution in [2.45, 2.75) is 26.6 Å². The van der Waals surface area contributed by atoms with Crippen LogP contribution in [-0.4, -0.2) is 79.3 Å². The first-order valence-electron chi connectivity index (χ1n) is 24.0. The van der Waals surface area contributed by atoms with Gasteiger partial charge in [0, 0.05) is 48.3 Å². The summed E-state index contributed by atoms with van der Waals surface area (Å²) < 4.78 is 35.5. The van der Waals surface area contributed by atoms with E-state index in [1.165, 1.54) is 72.3 Å². The first kappa shape index (κ1) is 58.1. The van der Waals surface area contributed by atoms with Crippen LogP contribution in [0.4, 0.5) is 77.3 Å². The second-order valence-corrected chi connectivity index (χ2v) is 19.1.